The molecule has 2 aromatic rings. The Hall–Kier alpha value is -3.13. The Bertz CT molecular complexity index is 763. The molecular weight excluding hydrogens is 283 g/mol. The van der Waals surface area contributed by atoms with Gasteiger partial charge in [0.15, 0.2) is 0 Å². The van der Waals surface area contributed by atoms with Gasteiger partial charge in [0, 0.05) is 5.56 Å². The van der Waals surface area contributed by atoms with E-state index in [1.54, 1.807) is 30.3 Å². The predicted molar refractivity (Wildman–Crippen MR) is 81.6 cm³/mol. The summed E-state index contributed by atoms with van der Waals surface area (Å²) >= 11 is 0. The molecule has 5 heteroatoms. The Balaban J connectivity index is 2.28. The van der Waals surface area contributed by atoms with E-state index in [9.17, 15) is 9.18 Å². The van der Waals surface area contributed by atoms with Crippen LogP contribution < -0.4 is 10.1 Å². The van der Waals surface area contributed by atoms with Crippen LogP contribution in [0.3, 0.4) is 0 Å². The molecule has 2 aromatic carbocycles. The fourth-order valence-corrected chi connectivity index (χ4v) is 1.84. The second-order valence-electron chi connectivity index (χ2n) is 4.35. The van der Waals surface area contributed by atoms with E-state index in [-0.39, 0.29) is 11.3 Å². The number of hydrogen-bond acceptors (Lipinski definition) is 3. The fraction of sp³-hybridized carbons (Fsp3) is 0.0588. The molecule has 4 nitrogen and oxygen atoms in total. The number of halogens is 1. The van der Waals surface area contributed by atoms with E-state index in [0.717, 1.165) is 0 Å². The molecule has 0 radical (unpaired) electrons. The first-order valence-corrected chi connectivity index (χ1v) is 6.46. The zero-order chi connectivity index (χ0) is 15.9. The van der Waals surface area contributed by atoms with Crippen LogP contribution in [0.1, 0.15) is 5.56 Å². The topological polar surface area (TPSA) is 62.1 Å². The number of amides is 1. The van der Waals surface area contributed by atoms with Crippen LogP contribution in [0, 0.1) is 17.1 Å². The fourth-order valence-electron chi connectivity index (χ4n) is 1.84. The van der Waals surface area contributed by atoms with Crippen molar-refractivity contribution in [1.29, 1.82) is 5.26 Å². The lowest BCUT2D eigenvalue weighted by Gasteiger charge is -2.07. The molecule has 110 valence electrons. The number of carbonyl (C=O) groups excluding carboxylic acids is 1. The molecule has 2 rings (SSSR count). The Morgan fingerprint density at radius 2 is 1.91 bits per heavy atom. The quantitative estimate of drug-likeness (QED) is 0.695. The van der Waals surface area contributed by atoms with Gasteiger partial charge in [-0.25, -0.2) is 4.39 Å². The van der Waals surface area contributed by atoms with Crippen LogP contribution in [0.4, 0.5) is 10.1 Å². The van der Waals surface area contributed by atoms with E-state index in [0.29, 0.717) is 11.3 Å². The first kappa shape index (κ1) is 15.3. The molecule has 0 aromatic heterocycles. The summed E-state index contributed by atoms with van der Waals surface area (Å²) in [6, 6.07) is 14.5. The summed E-state index contributed by atoms with van der Waals surface area (Å²) in [6.45, 7) is 0. The Morgan fingerprint density at radius 3 is 2.59 bits per heavy atom. The van der Waals surface area contributed by atoms with Crippen LogP contribution in [0.15, 0.2) is 54.1 Å². The number of nitrogens with zero attached hydrogens (tertiary/aromatic N) is 1. The van der Waals surface area contributed by atoms with Gasteiger partial charge in [-0.05, 0) is 24.3 Å². The molecule has 0 aliphatic rings. The number of rotatable bonds is 4. The molecule has 0 unspecified atom stereocenters. The molecule has 1 N–H and O–H groups in total. The van der Waals surface area contributed by atoms with E-state index >= 15 is 0 Å². The SMILES string of the molecule is COc1ccccc1/C=C(\C#N)C(=O)Nc1ccccc1F. The largest absolute Gasteiger partial charge is 0.496 e. The third-order valence-electron chi connectivity index (χ3n) is 2.93. The molecule has 0 atom stereocenters. The summed E-state index contributed by atoms with van der Waals surface area (Å²) in [7, 11) is 1.50. The number of methoxy groups -OCH3 is 1. The monoisotopic (exact) mass is 296 g/mol. The van der Waals surface area contributed by atoms with Crippen molar-refractivity contribution in [3.8, 4) is 11.8 Å². The molecule has 1 amide bonds. The van der Waals surface area contributed by atoms with E-state index in [1.165, 1.54) is 31.4 Å². The maximum atomic E-state index is 13.5. The summed E-state index contributed by atoms with van der Waals surface area (Å²) in [5.74, 6) is -0.710. The van der Waals surface area contributed by atoms with Gasteiger partial charge in [-0.2, -0.15) is 5.26 Å². The number of benzene rings is 2. The average Bonchev–Trinajstić information content (AvgIpc) is 2.55. The molecule has 22 heavy (non-hydrogen) atoms. The van der Waals surface area contributed by atoms with E-state index in [2.05, 4.69) is 5.32 Å². The number of hydrogen-bond donors (Lipinski definition) is 1. The van der Waals surface area contributed by atoms with Crippen molar-refractivity contribution in [2.24, 2.45) is 0 Å². The second kappa shape index (κ2) is 7.04. The van der Waals surface area contributed by atoms with Gasteiger partial charge in [0.05, 0.1) is 12.8 Å². The third-order valence-corrected chi connectivity index (χ3v) is 2.93. The first-order chi connectivity index (χ1) is 10.7. The normalized spacial score (nSPS) is 10.7. The number of anilines is 1. The number of ether oxygens (including phenoxy) is 1. The van der Waals surface area contributed by atoms with Gasteiger partial charge in [-0.1, -0.05) is 30.3 Å². The Kier molecular flexibility index (Phi) is 4.89. The predicted octanol–water partition coefficient (Wildman–Crippen LogP) is 3.38. The minimum absolute atomic E-state index is 0.0219. The smallest absolute Gasteiger partial charge is 0.266 e. The summed E-state index contributed by atoms with van der Waals surface area (Å²) in [5, 5.41) is 11.5. The maximum Gasteiger partial charge on any atom is 0.266 e. The number of nitrogens with one attached hydrogen (secondary N) is 1. The highest BCUT2D eigenvalue weighted by atomic mass is 19.1. The van der Waals surface area contributed by atoms with Gasteiger partial charge in [-0.3, -0.25) is 4.79 Å². The summed E-state index contributed by atoms with van der Waals surface area (Å²) in [6.07, 6.45) is 1.40. The number of carbonyl (C=O) groups is 1. The molecule has 0 saturated heterocycles. The summed E-state index contributed by atoms with van der Waals surface area (Å²) in [4.78, 5) is 12.1. The maximum absolute atomic E-state index is 13.5. The van der Waals surface area contributed by atoms with Crippen LogP contribution in [0.2, 0.25) is 0 Å². The van der Waals surface area contributed by atoms with Crippen LogP contribution >= 0.6 is 0 Å². The van der Waals surface area contributed by atoms with Crippen LogP contribution in [0.25, 0.3) is 6.08 Å². The molecule has 0 saturated carbocycles. The second-order valence-corrected chi connectivity index (χ2v) is 4.35. The van der Waals surface area contributed by atoms with Gasteiger partial charge >= 0.3 is 0 Å². The lowest BCUT2D eigenvalue weighted by molar-refractivity contribution is -0.112. The molecular formula is C17H13FN2O2. The van der Waals surface area contributed by atoms with Crippen molar-refractivity contribution in [2.75, 3.05) is 12.4 Å². The van der Waals surface area contributed by atoms with Gasteiger partial charge < -0.3 is 10.1 Å². The summed E-state index contributed by atoms with van der Waals surface area (Å²) < 4.78 is 18.7. The highest BCUT2D eigenvalue weighted by Crippen LogP contribution is 2.21. The highest BCUT2D eigenvalue weighted by molar-refractivity contribution is 6.09. The molecule has 0 heterocycles. The van der Waals surface area contributed by atoms with Crippen molar-refractivity contribution < 1.29 is 13.9 Å². The standard InChI is InChI=1S/C17H13FN2O2/c1-22-16-9-5-2-6-12(16)10-13(11-19)17(21)20-15-8-4-3-7-14(15)18/h2-10H,1H3,(H,20,21)/b13-10+. The molecule has 0 spiro atoms. The van der Waals surface area contributed by atoms with Gasteiger partial charge in [0.1, 0.15) is 23.2 Å². The van der Waals surface area contributed by atoms with Crippen molar-refractivity contribution in [3.05, 3.63) is 65.5 Å². The average molecular weight is 296 g/mol. The lowest BCUT2D eigenvalue weighted by atomic mass is 10.1. The van der Waals surface area contributed by atoms with Gasteiger partial charge in [0.25, 0.3) is 5.91 Å². The number of para-hydroxylation sites is 2. The molecule has 0 aliphatic heterocycles. The van der Waals surface area contributed by atoms with Crippen LogP contribution in [-0.4, -0.2) is 13.0 Å². The Morgan fingerprint density at radius 1 is 1.23 bits per heavy atom. The number of nitriles is 1. The molecule has 0 bridgehead atoms. The Labute approximate surface area is 127 Å². The van der Waals surface area contributed by atoms with E-state index < -0.39 is 11.7 Å². The first-order valence-electron chi connectivity index (χ1n) is 6.46. The minimum atomic E-state index is -0.682. The lowest BCUT2D eigenvalue weighted by Crippen LogP contribution is -2.14. The molecule has 0 aliphatic carbocycles. The highest BCUT2D eigenvalue weighted by Gasteiger charge is 2.12. The van der Waals surface area contributed by atoms with Gasteiger partial charge in [-0.15, -0.1) is 0 Å². The van der Waals surface area contributed by atoms with E-state index in [1.807, 2.05) is 6.07 Å². The van der Waals surface area contributed by atoms with Crippen molar-refractivity contribution >= 4 is 17.7 Å². The zero-order valence-electron chi connectivity index (χ0n) is 11.8. The molecule has 0 fully saturated rings. The third kappa shape index (κ3) is 3.49. The van der Waals surface area contributed by atoms with Crippen molar-refractivity contribution in [1.82, 2.24) is 0 Å². The minimum Gasteiger partial charge on any atom is -0.496 e. The van der Waals surface area contributed by atoms with Gasteiger partial charge in [0.2, 0.25) is 0 Å². The van der Waals surface area contributed by atoms with Crippen molar-refractivity contribution in [3.63, 3.8) is 0 Å². The van der Waals surface area contributed by atoms with E-state index in [4.69, 9.17) is 10.00 Å². The van der Waals surface area contributed by atoms with Crippen LogP contribution in [-0.2, 0) is 4.79 Å². The van der Waals surface area contributed by atoms with Crippen LogP contribution in [0.5, 0.6) is 5.75 Å². The van der Waals surface area contributed by atoms with Crippen molar-refractivity contribution in [2.45, 2.75) is 0 Å². The summed E-state index contributed by atoms with van der Waals surface area (Å²) in [5.41, 5.74) is 0.465. The zero-order valence-corrected chi connectivity index (χ0v) is 11.8.